The van der Waals surface area contributed by atoms with E-state index in [1.54, 1.807) is 18.4 Å². The minimum atomic E-state index is -0.0920. The van der Waals surface area contributed by atoms with Crippen LogP contribution in [-0.4, -0.2) is 54.2 Å². The first kappa shape index (κ1) is 21.8. The van der Waals surface area contributed by atoms with Crippen LogP contribution in [0.2, 0.25) is 0 Å². The number of anilines is 3. The van der Waals surface area contributed by atoms with Gasteiger partial charge in [-0.2, -0.15) is 4.98 Å². The molecule has 2 amide bonds. The molecular formula is C24H30N6O2S. The van der Waals surface area contributed by atoms with Crippen molar-refractivity contribution in [1.82, 2.24) is 14.9 Å². The van der Waals surface area contributed by atoms with Crippen LogP contribution < -0.4 is 20.7 Å². The van der Waals surface area contributed by atoms with Crippen LogP contribution in [-0.2, 0) is 0 Å². The van der Waals surface area contributed by atoms with Crippen molar-refractivity contribution in [3.8, 4) is 5.75 Å². The highest BCUT2D eigenvalue weighted by Crippen LogP contribution is 2.42. The Balaban J connectivity index is 1.30. The summed E-state index contributed by atoms with van der Waals surface area (Å²) in [5, 5.41) is 6.40. The molecule has 2 aromatic heterocycles. The number of nitrogens with two attached hydrogens (primary N) is 1. The lowest BCUT2D eigenvalue weighted by molar-refractivity contribution is 0.208. The van der Waals surface area contributed by atoms with Crippen molar-refractivity contribution in [1.29, 1.82) is 0 Å². The summed E-state index contributed by atoms with van der Waals surface area (Å²) in [6, 6.07) is 7.27. The lowest BCUT2D eigenvalue weighted by Gasteiger charge is -2.36. The number of carbonyl (C=O) groups excluding carboxylic acids is 1. The first-order chi connectivity index (χ1) is 16.1. The number of methoxy groups -OCH3 is 1. The molecule has 1 saturated carbocycles. The molecule has 0 spiro atoms. The van der Waals surface area contributed by atoms with Gasteiger partial charge in [0.25, 0.3) is 0 Å². The average Bonchev–Trinajstić information content (AvgIpc) is 3.28. The summed E-state index contributed by atoms with van der Waals surface area (Å²) in [5.41, 5.74) is 8.21. The Kier molecular flexibility index (Phi) is 6.22. The fraction of sp³-hybridized carbons (Fsp3) is 0.458. The highest BCUT2D eigenvalue weighted by atomic mass is 32.1. The number of piperazine rings is 1. The number of nitrogen functional groups attached to an aromatic ring is 1. The third-order valence-corrected chi connectivity index (χ3v) is 7.60. The normalized spacial score (nSPS) is 17.4. The zero-order chi connectivity index (χ0) is 22.8. The van der Waals surface area contributed by atoms with Crippen molar-refractivity contribution in [2.75, 3.05) is 49.2 Å². The van der Waals surface area contributed by atoms with Crippen LogP contribution in [0.5, 0.6) is 5.75 Å². The van der Waals surface area contributed by atoms with E-state index in [-0.39, 0.29) is 6.03 Å². The number of hydrogen-bond donors (Lipinski definition) is 2. The van der Waals surface area contributed by atoms with E-state index in [2.05, 4.69) is 25.6 Å². The molecule has 33 heavy (non-hydrogen) atoms. The first-order valence-corrected chi connectivity index (χ1v) is 12.5. The number of urea groups is 1. The van der Waals surface area contributed by atoms with Crippen LogP contribution in [0.1, 0.15) is 43.6 Å². The number of aromatic nitrogens is 2. The number of benzene rings is 1. The van der Waals surface area contributed by atoms with E-state index in [0.29, 0.717) is 38.0 Å². The summed E-state index contributed by atoms with van der Waals surface area (Å²) in [6.45, 7) is 2.66. The molecule has 1 aliphatic heterocycles. The van der Waals surface area contributed by atoms with Gasteiger partial charge in [-0.05, 0) is 54.0 Å². The molecule has 0 atom stereocenters. The van der Waals surface area contributed by atoms with Gasteiger partial charge in [-0.15, -0.1) is 11.3 Å². The van der Waals surface area contributed by atoms with Crippen LogP contribution in [0.3, 0.4) is 0 Å². The predicted octanol–water partition coefficient (Wildman–Crippen LogP) is 4.68. The fourth-order valence-electron chi connectivity index (χ4n) is 4.90. The highest BCUT2D eigenvalue weighted by Gasteiger charge is 2.27. The van der Waals surface area contributed by atoms with Gasteiger partial charge >= 0.3 is 6.03 Å². The molecule has 2 aliphatic rings. The van der Waals surface area contributed by atoms with E-state index in [9.17, 15) is 4.79 Å². The Morgan fingerprint density at radius 1 is 1.09 bits per heavy atom. The Labute approximate surface area is 197 Å². The molecule has 1 aromatic carbocycles. The van der Waals surface area contributed by atoms with E-state index < -0.39 is 0 Å². The molecule has 5 rings (SSSR count). The lowest BCUT2D eigenvalue weighted by atomic mass is 9.84. The monoisotopic (exact) mass is 466 g/mol. The quantitative estimate of drug-likeness (QED) is 0.579. The number of carbonyl (C=O) groups is 1. The largest absolute Gasteiger partial charge is 0.497 e. The Morgan fingerprint density at radius 3 is 2.52 bits per heavy atom. The number of nitrogens with one attached hydrogen (secondary N) is 1. The van der Waals surface area contributed by atoms with Crippen molar-refractivity contribution in [3.05, 3.63) is 35.2 Å². The summed E-state index contributed by atoms with van der Waals surface area (Å²) in [5.74, 6) is 2.58. The van der Waals surface area contributed by atoms with Gasteiger partial charge in [0.1, 0.15) is 16.4 Å². The van der Waals surface area contributed by atoms with Crippen molar-refractivity contribution < 1.29 is 9.53 Å². The van der Waals surface area contributed by atoms with Gasteiger partial charge in [0.15, 0.2) is 0 Å². The third-order valence-electron chi connectivity index (χ3n) is 6.71. The molecule has 8 nitrogen and oxygen atoms in total. The molecule has 9 heteroatoms. The molecule has 0 unspecified atom stereocenters. The van der Waals surface area contributed by atoms with Crippen LogP contribution in [0, 0.1) is 0 Å². The third kappa shape index (κ3) is 4.55. The predicted molar refractivity (Wildman–Crippen MR) is 133 cm³/mol. The van der Waals surface area contributed by atoms with E-state index in [1.165, 1.54) is 37.7 Å². The van der Waals surface area contributed by atoms with Gasteiger partial charge in [0.2, 0.25) is 5.95 Å². The van der Waals surface area contributed by atoms with Crippen LogP contribution in [0.4, 0.5) is 22.2 Å². The number of amides is 2. The van der Waals surface area contributed by atoms with Gasteiger partial charge in [-0.25, -0.2) is 9.78 Å². The molecule has 174 valence electrons. The van der Waals surface area contributed by atoms with E-state index in [1.807, 2.05) is 29.2 Å². The van der Waals surface area contributed by atoms with Crippen LogP contribution in [0.15, 0.2) is 29.6 Å². The second-order valence-corrected chi connectivity index (χ2v) is 9.60. The Hall–Kier alpha value is -3.07. The second-order valence-electron chi connectivity index (χ2n) is 8.74. The molecule has 0 radical (unpaired) electrons. The molecule has 0 bridgehead atoms. The maximum atomic E-state index is 12.8. The summed E-state index contributed by atoms with van der Waals surface area (Å²) in [6.07, 6.45) is 6.36. The number of fused-ring (bicyclic) bond motifs is 1. The van der Waals surface area contributed by atoms with E-state index in [4.69, 9.17) is 10.5 Å². The first-order valence-electron chi connectivity index (χ1n) is 11.6. The summed E-state index contributed by atoms with van der Waals surface area (Å²) in [4.78, 5) is 27.0. The Bertz CT molecular complexity index is 1120. The molecule has 2 fully saturated rings. The van der Waals surface area contributed by atoms with Crippen molar-refractivity contribution in [2.45, 2.75) is 38.0 Å². The lowest BCUT2D eigenvalue weighted by Crippen LogP contribution is -2.50. The number of hydrogen-bond acceptors (Lipinski definition) is 7. The average molecular weight is 467 g/mol. The number of thiophene rings is 1. The minimum Gasteiger partial charge on any atom is -0.497 e. The maximum absolute atomic E-state index is 12.8. The molecule has 3 heterocycles. The zero-order valence-corrected chi connectivity index (χ0v) is 19.7. The van der Waals surface area contributed by atoms with Gasteiger partial charge in [0.05, 0.1) is 12.5 Å². The molecule has 1 saturated heterocycles. The summed E-state index contributed by atoms with van der Waals surface area (Å²) in [7, 11) is 1.63. The molecular weight excluding hydrogens is 436 g/mol. The van der Waals surface area contributed by atoms with E-state index >= 15 is 0 Å². The van der Waals surface area contributed by atoms with Crippen molar-refractivity contribution >= 4 is 45.0 Å². The van der Waals surface area contributed by atoms with Gasteiger partial charge in [-0.1, -0.05) is 19.3 Å². The second kappa shape index (κ2) is 9.43. The standard InChI is InChI=1S/C24H30N6O2S/c1-32-18-9-7-17(8-10-18)26-24(31)30-13-11-29(12-14-30)21-20-19(16-5-3-2-4-6-16)15-33-22(20)28-23(25)27-21/h7-10,15-16H,2-6,11-14H2,1H3,(H,26,31)(H2,25,27,28). The number of rotatable bonds is 4. The SMILES string of the molecule is COc1ccc(NC(=O)N2CCN(c3nc(N)nc4scc(C5CCCCC5)c34)CC2)cc1. The molecule has 3 N–H and O–H groups in total. The topological polar surface area (TPSA) is 96.6 Å². The molecule has 3 aromatic rings. The van der Waals surface area contributed by atoms with Gasteiger partial charge < -0.3 is 25.6 Å². The van der Waals surface area contributed by atoms with Gasteiger partial charge in [-0.3, -0.25) is 0 Å². The minimum absolute atomic E-state index is 0.0920. The molecule has 1 aliphatic carbocycles. The zero-order valence-electron chi connectivity index (χ0n) is 18.9. The summed E-state index contributed by atoms with van der Waals surface area (Å²) < 4.78 is 5.18. The van der Waals surface area contributed by atoms with Crippen molar-refractivity contribution in [3.63, 3.8) is 0 Å². The summed E-state index contributed by atoms with van der Waals surface area (Å²) >= 11 is 1.67. The van der Waals surface area contributed by atoms with Crippen LogP contribution >= 0.6 is 11.3 Å². The smallest absolute Gasteiger partial charge is 0.321 e. The number of nitrogens with zero attached hydrogens (tertiary/aromatic N) is 4. The van der Waals surface area contributed by atoms with Gasteiger partial charge in [0, 0.05) is 31.9 Å². The number of ether oxygens (including phenoxy) is 1. The van der Waals surface area contributed by atoms with Crippen molar-refractivity contribution in [2.24, 2.45) is 0 Å². The Morgan fingerprint density at radius 2 is 1.82 bits per heavy atom. The van der Waals surface area contributed by atoms with Crippen LogP contribution in [0.25, 0.3) is 10.2 Å². The highest BCUT2D eigenvalue weighted by molar-refractivity contribution is 7.17. The fourth-order valence-corrected chi connectivity index (χ4v) is 5.92. The van der Waals surface area contributed by atoms with E-state index in [0.717, 1.165) is 27.5 Å². The maximum Gasteiger partial charge on any atom is 0.321 e.